The quantitative estimate of drug-likeness (QED) is 0.198. The van der Waals surface area contributed by atoms with Gasteiger partial charge in [-0.15, -0.1) is 0 Å². The molecule has 0 radical (unpaired) electrons. The standard InChI is InChI=1S/C26H24N8O6/c1-39-18-7-8-23(40-2)19(11-18)21-12-22(31-30-21)25(35)27-9-10-33-24-20(13-29-33)26(36)32(15-28-24)14-16-3-5-17(6-4-16)34(37)38/h3-8,11-13,15H,9-10,14H2,1-2H3,(H,27,35)(H,30,31). The van der Waals surface area contributed by atoms with Gasteiger partial charge in [0.05, 0.1) is 44.1 Å². The molecule has 0 saturated carbocycles. The van der Waals surface area contributed by atoms with Crippen LogP contribution in [0.25, 0.3) is 22.3 Å². The van der Waals surface area contributed by atoms with E-state index in [9.17, 15) is 19.7 Å². The van der Waals surface area contributed by atoms with Crippen molar-refractivity contribution in [1.29, 1.82) is 0 Å². The predicted molar refractivity (Wildman–Crippen MR) is 143 cm³/mol. The van der Waals surface area contributed by atoms with Crippen molar-refractivity contribution in [2.75, 3.05) is 20.8 Å². The number of carbonyl (C=O) groups excluding carboxylic acids is 1. The number of hydrogen-bond donors (Lipinski definition) is 2. The summed E-state index contributed by atoms with van der Waals surface area (Å²) in [5.74, 6) is 0.850. The molecule has 2 N–H and O–H groups in total. The summed E-state index contributed by atoms with van der Waals surface area (Å²) in [6, 6.07) is 12.9. The van der Waals surface area contributed by atoms with Crippen molar-refractivity contribution in [2.24, 2.45) is 0 Å². The summed E-state index contributed by atoms with van der Waals surface area (Å²) in [5.41, 5.74) is 2.24. The van der Waals surface area contributed by atoms with Crippen molar-refractivity contribution in [1.82, 2.24) is 34.8 Å². The molecule has 0 fully saturated rings. The fraction of sp³-hybridized carbons (Fsp3) is 0.192. The van der Waals surface area contributed by atoms with E-state index in [0.717, 1.165) is 5.56 Å². The third kappa shape index (κ3) is 5.22. The van der Waals surface area contributed by atoms with Crippen LogP contribution in [0.4, 0.5) is 5.69 Å². The zero-order chi connectivity index (χ0) is 28.2. The Morgan fingerprint density at radius 3 is 2.65 bits per heavy atom. The minimum absolute atomic E-state index is 0.0249. The van der Waals surface area contributed by atoms with Gasteiger partial charge < -0.3 is 14.8 Å². The average molecular weight is 545 g/mol. The summed E-state index contributed by atoms with van der Waals surface area (Å²) in [4.78, 5) is 40.4. The second kappa shape index (κ2) is 11.1. The van der Waals surface area contributed by atoms with E-state index in [1.807, 2.05) is 0 Å². The van der Waals surface area contributed by atoms with E-state index < -0.39 is 4.92 Å². The number of nitrogens with zero attached hydrogens (tertiary/aromatic N) is 6. The molecule has 5 aromatic rings. The number of aromatic nitrogens is 6. The SMILES string of the molecule is COc1ccc(OC)c(-c2cc(C(=O)NCCn3ncc4c(=O)n(Cc5ccc([N+](=O)[O-])cc5)cnc43)[nH]n2)c1. The van der Waals surface area contributed by atoms with Crippen LogP contribution in [0.5, 0.6) is 11.5 Å². The van der Waals surface area contributed by atoms with Crippen molar-refractivity contribution >= 4 is 22.6 Å². The Labute approximate surface area is 226 Å². The number of nitrogens with one attached hydrogen (secondary N) is 2. The van der Waals surface area contributed by atoms with Crippen LogP contribution < -0.4 is 20.3 Å². The molecule has 204 valence electrons. The van der Waals surface area contributed by atoms with Gasteiger partial charge in [-0.2, -0.15) is 10.2 Å². The molecular formula is C26H24N8O6. The van der Waals surface area contributed by atoms with Crippen LogP contribution in [0.3, 0.4) is 0 Å². The van der Waals surface area contributed by atoms with Gasteiger partial charge in [0.2, 0.25) is 0 Å². The lowest BCUT2D eigenvalue weighted by atomic mass is 10.1. The predicted octanol–water partition coefficient (Wildman–Crippen LogP) is 2.39. The lowest BCUT2D eigenvalue weighted by molar-refractivity contribution is -0.384. The maximum Gasteiger partial charge on any atom is 0.269 e. The number of rotatable bonds is 10. The summed E-state index contributed by atoms with van der Waals surface area (Å²) >= 11 is 0. The van der Waals surface area contributed by atoms with Gasteiger partial charge in [0.25, 0.3) is 17.2 Å². The molecule has 40 heavy (non-hydrogen) atoms. The summed E-state index contributed by atoms with van der Waals surface area (Å²) in [5, 5.41) is 25.2. The molecule has 0 spiro atoms. The number of non-ortho nitro benzene ring substituents is 1. The van der Waals surface area contributed by atoms with E-state index in [4.69, 9.17) is 9.47 Å². The zero-order valence-electron chi connectivity index (χ0n) is 21.5. The van der Waals surface area contributed by atoms with Crippen LogP contribution in [0.15, 0.2) is 65.8 Å². The third-order valence-corrected chi connectivity index (χ3v) is 6.24. The molecular weight excluding hydrogens is 520 g/mol. The fourth-order valence-electron chi connectivity index (χ4n) is 4.15. The molecule has 0 unspecified atom stereocenters. The maximum absolute atomic E-state index is 13.0. The Balaban J connectivity index is 1.23. The van der Waals surface area contributed by atoms with Crippen LogP contribution in [0.1, 0.15) is 16.1 Å². The number of nitro benzene ring substituents is 1. The van der Waals surface area contributed by atoms with E-state index in [0.29, 0.717) is 33.8 Å². The van der Waals surface area contributed by atoms with Gasteiger partial charge >= 0.3 is 0 Å². The van der Waals surface area contributed by atoms with E-state index in [1.165, 1.54) is 33.9 Å². The number of fused-ring (bicyclic) bond motifs is 1. The first-order chi connectivity index (χ1) is 19.4. The molecule has 5 rings (SSSR count). The van der Waals surface area contributed by atoms with E-state index >= 15 is 0 Å². The van der Waals surface area contributed by atoms with Crippen molar-refractivity contribution < 1.29 is 19.2 Å². The first-order valence-electron chi connectivity index (χ1n) is 12.1. The van der Waals surface area contributed by atoms with Gasteiger partial charge in [-0.05, 0) is 29.8 Å². The zero-order valence-corrected chi connectivity index (χ0v) is 21.5. The van der Waals surface area contributed by atoms with Crippen molar-refractivity contribution in [3.05, 3.63) is 92.8 Å². The molecule has 0 bridgehead atoms. The Bertz CT molecular complexity index is 1760. The van der Waals surface area contributed by atoms with Crippen LogP contribution >= 0.6 is 0 Å². The molecule has 0 saturated heterocycles. The highest BCUT2D eigenvalue weighted by Crippen LogP contribution is 2.32. The highest BCUT2D eigenvalue weighted by molar-refractivity contribution is 5.93. The molecule has 0 aliphatic heterocycles. The second-order valence-corrected chi connectivity index (χ2v) is 8.70. The largest absolute Gasteiger partial charge is 0.497 e. The normalized spacial score (nSPS) is 10.9. The molecule has 3 aromatic heterocycles. The second-order valence-electron chi connectivity index (χ2n) is 8.70. The number of benzene rings is 2. The number of methoxy groups -OCH3 is 2. The summed E-state index contributed by atoms with van der Waals surface area (Å²) in [7, 11) is 3.11. The van der Waals surface area contributed by atoms with Crippen LogP contribution in [0.2, 0.25) is 0 Å². The number of aromatic amines is 1. The Morgan fingerprint density at radius 2 is 1.93 bits per heavy atom. The summed E-state index contributed by atoms with van der Waals surface area (Å²) in [6.07, 6.45) is 2.84. The monoisotopic (exact) mass is 544 g/mol. The molecule has 1 amide bonds. The van der Waals surface area contributed by atoms with E-state index in [2.05, 4.69) is 25.6 Å². The highest BCUT2D eigenvalue weighted by atomic mass is 16.6. The number of ether oxygens (including phenoxy) is 2. The number of carbonyl (C=O) groups is 1. The smallest absolute Gasteiger partial charge is 0.269 e. The van der Waals surface area contributed by atoms with Gasteiger partial charge in [-0.3, -0.25) is 29.4 Å². The Morgan fingerprint density at radius 1 is 1.12 bits per heavy atom. The number of nitro groups is 1. The number of amides is 1. The topological polar surface area (TPSA) is 172 Å². The first-order valence-corrected chi connectivity index (χ1v) is 12.1. The third-order valence-electron chi connectivity index (χ3n) is 6.24. The lowest BCUT2D eigenvalue weighted by Crippen LogP contribution is -2.28. The number of H-pyrrole nitrogens is 1. The van der Waals surface area contributed by atoms with Crippen LogP contribution in [-0.2, 0) is 13.1 Å². The fourth-order valence-corrected chi connectivity index (χ4v) is 4.15. The van der Waals surface area contributed by atoms with Crippen LogP contribution in [-0.4, -0.2) is 61.1 Å². The maximum atomic E-state index is 13.0. The van der Waals surface area contributed by atoms with Gasteiger partial charge in [-0.25, -0.2) is 9.67 Å². The summed E-state index contributed by atoms with van der Waals surface area (Å²) < 4.78 is 13.6. The summed E-state index contributed by atoms with van der Waals surface area (Å²) in [6.45, 7) is 0.702. The minimum atomic E-state index is -0.480. The first kappa shape index (κ1) is 26.1. The molecule has 14 heteroatoms. The van der Waals surface area contributed by atoms with Gasteiger partial charge in [0.15, 0.2) is 5.65 Å². The van der Waals surface area contributed by atoms with Crippen molar-refractivity contribution in [3.63, 3.8) is 0 Å². The van der Waals surface area contributed by atoms with Crippen molar-refractivity contribution in [3.8, 4) is 22.8 Å². The highest BCUT2D eigenvalue weighted by Gasteiger charge is 2.16. The lowest BCUT2D eigenvalue weighted by Gasteiger charge is -2.08. The average Bonchev–Trinajstić information content (AvgIpc) is 3.63. The van der Waals surface area contributed by atoms with E-state index in [-0.39, 0.29) is 42.5 Å². The van der Waals surface area contributed by atoms with Gasteiger partial charge in [0, 0.05) is 24.2 Å². The number of hydrogen-bond acceptors (Lipinski definition) is 9. The Kier molecular flexibility index (Phi) is 7.22. The van der Waals surface area contributed by atoms with Crippen LogP contribution in [0, 0.1) is 10.1 Å². The van der Waals surface area contributed by atoms with Crippen molar-refractivity contribution in [2.45, 2.75) is 13.1 Å². The molecule has 3 heterocycles. The van der Waals surface area contributed by atoms with Gasteiger partial charge in [-0.1, -0.05) is 12.1 Å². The molecule has 0 aliphatic rings. The minimum Gasteiger partial charge on any atom is -0.497 e. The molecule has 14 nitrogen and oxygen atoms in total. The molecule has 2 aromatic carbocycles. The van der Waals surface area contributed by atoms with Gasteiger partial charge in [0.1, 0.15) is 28.9 Å². The molecule has 0 atom stereocenters. The molecule has 0 aliphatic carbocycles. The Hall–Kier alpha value is -5.53. The van der Waals surface area contributed by atoms with E-state index in [1.54, 1.807) is 50.6 Å².